The highest BCUT2D eigenvalue weighted by Gasteiger charge is 2.46. The lowest BCUT2D eigenvalue weighted by molar-refractivity contribution is -0.182. The molecule has 2 amide bonds. The van der Waals surface area contributed by atoms with Gasteiger partial charge in [-0.15, -0.1) is 0 Å². The number of hydrogen-bond acceptors (Lipinski definition) is 4. The van der Waals surface area contributed by atoms with Gasteiger partial charge in [0.25, 0.3) is 0 Å². The van der Waals surface area contributed by atoms with Crippen molar-refractivity contribution in [2.75, 3.05) is 6.61 Å². The van der Waals surface area contributed by atoms with Crippen LogP contribution in [0.25, 0.3) is 11.1 Å². The van der Waals surface area contributed by atoms with Gasteiger partial charge in [-0.3, -0.25) is 4.79 Å². The maximum Gasteiger partial charge on any atom is 0.419 e. The summed E-state index contributed by atoms with van der Waals surface area (Å²) in [5.41, 5.74) is 4.14. The maximum atomic E-state index is 12.7. The Balaban J connectivity index is 1.54. The van der Waals surface area contributed by atoms with Crippen molar-refractivity contribution in [2.45, 2.75) is 37.5 Å². The number of amides is 2. The van der Waals surface area contributed by atoms with Crippen LogP contribution in [0.5, 0.6) is 0 Å². The predicted molar refractivity (Wildman–Crippen MR) is 108 cm³/mol. The van der Waals surface area contributed by atoms with E-state index in [0.29, 0.717) is 0 Å². The highest BCUT2D eigenvalue weighted by molar-refractivity contribution is 5.84. The fourth-order valence-electron chi connectivity index (χ4n) is 3.67. The van der Waals surface area contributed by atoms with Gasteiger partial charge in [-0.05, 0) is 29.2 Å². The van der Waals surface area contributed by atoms with E-state index in [0.717, 1.165) is 22.3 Å². The molecule has 1 aliphatic rings. The van der Waals surface area contributed by atoms with Gasteiger partial charge in [-0.2, -0.15) is 13.2 Å². The van der Waals surface area contributed by atoms with Crippen LogP contribution in [-0.4, -0.2) is 47.9 Å². The van der Waals surface area contributed by atoms with Crippen molar-refractivity contribution in [1.82, 2.24) is 10.6 Å². The standard InChI is InChI=1S/C22H21F3N2O5/c1-12(10-18(28)27-19(20(29)30)22(23,24)25)26-21(31)32-11-17-15-8-4-2-6-13(15)14-7-3-5-9-16(14)17/h2-9,12,17,19H,10-11H2,1H3,(H,26,31)(H,27,28)(H,29,30)/t12-,19?/m1/s1. The summed E-state index contributed by atoms with van der Waals surface area (Å²) in [5.74, 6) is -3.56. The Morgan fingerprint density at radius 3 is 2.03 bits per heavy atom. The lowest BCUT2D eigenvalue weighted by atomic mass is 9.98. The molecular weight excluding hydrogens is 429 g/mol. The zero-order valence-corrected chi connectivity index (χ0v) is 17.0. The van der Waals surface area contributed by atoms with Gasteiger partial charge in [0.15, 0.2) is 0 Å². The zero-order valence-electron chi connectivity index (χ0n) is 17.0. The first-order valence-corrected chi connectivity index (χ1v) is 9.78. The van der Waals surface area contributed by atoms with Crippen molar-refractivity contribution in [1.29, 1.82) is 0 Å². The molecule has 1 aliphatic carbocycles. The van der Waals surface area contributed by atoms with Crippen LogP contribution in [-0.2, 0) is 14.3 Å². The van der Waals surface area contributed by atoms with Gasteiger partial charge < -0.3 is 20.5 Å². The Bertz CT molecular complexity index is 979. The number of carbonyl (C=O) groups is 3. The maximum absolute atomic E-state index is 12.7. The summed E-state index contributed by atoms with van der Waals surface area (Å²) >= 11 is 0. The van der Waals surface area contributed by atoms with E-state index in [1.54, 1.807) is 0 Å². The number of ether oxygens (including phenoxy) is 1. The minimum absolute atomic E-state index is 0.0357. The lowest BCUT2D eigenvalue weighted by Crippen LogP contribution is -2.51. The monoisotopic (exact) mass is 450 g/mol. The highest BCUT2D eigenvalue weighted by Crippen LogP contribution is 2.44. The molecule has 3 rings (SSSR count). The summed E-state index contributed by atoms with van der Waals surface area (Å²) in [6, 6.07) is 11.6. The quantitative estimate of drug-likeness (QED) is 0.600. The van der Waals surface area contributed by atoms with E-state index in [-0.39, 0.29) is 12.5 Å². The van der Waals surface area contributed by atoms with Crippen LogP contribution in [0.15, 0.2) is 48.5 Å². The molecule has 32 heavy (non-hydrogen) atoms. The summed E-state index contributed by atoms with van der Waals surface area (Å²) in [6.45, 7) is 1.43. The van der Waals surface area contributed by atoms with Crippen LogP contribution in [0.2, 0.25) is 0 Å². The largest absolute Gasteiger partial charge is 0.479 e. The molecule has 0 saturated carbocycles. The number of rotatable bonds is 7. The van der Waals surface area contributed by atoms with E-state index < -0.39 is 42.7 Å². The average molecular weight is 450 g/mol. The number of alkyl halides is 3. The van der Waals surface area contributed by atoms with Crippen molar-refractivity contribution in [3.8, 4) is 11.1 Å². The number of nitrogens with one attached hydrogen (secondary N) is 2. The number of aliphatic carboxylic acids is 1. The second-order valence-corrected chi connectivity index (χ2v) is 7.46. The number of carbonyl (C=O) groups excluding carboxylic acids is 2. The zero-order chi connectivity index (χ0) is 23.5. The van der Waals surface area contributed by atoms with Crippen LogP contribution in [0, 0.1) is 0 Å². The highest BCUT2D eigenvalue weighted by atomic mass is 19.4. The second kappa shape index (κ2) is 9.29. The van der Waals surface area contributed by atoms with Gasteiger partial charge in [-0.25, -0.2) is 9.59 Å². The van der Waals surface area contributed by atoms with Crippen LogP contribution in [0.1, 0.15) is 30.4 Å². The number of carboxylic acids is 1. The smallest absolute Gasteiger partial charge is 0.419 e. The normalized spacial score (nSPS) is 14.6. The molecule has 0 heterocycles. The van der Waals surface area contributed by atoms with E-state index in [2.05, 4.69) is 5.32 Å². The Hall–Kier alpha value is -3.56. The molecule has 0 bridgehead atoms. The molecule has 0 fully saturated rings. The minimum atomic E-state index is -5.13. The first kappa shape index (κ1) is 23.1. The molecule has 0 aromatic heterocycles. The van der Waals surface area contributed by atoms with Crippen LogP contribution in [0.3, 0.4) is 0 Å². The minimum Gasteiger partial charge on any atom is -0.479 e. The molecule has 0 aliphatic heterocycles. The van der Waals surface area contributed by atoms with E-state index >= 15 is 0 Å². The van der Waals surface area contributed by atoms with Gasteiger partial charge in [0, 0.05) is 18.4 Å². The first-order chi connectivity index (χ1) is 15.1. The molecule has 2 aromatic rings. The van der Waals surface area contributed by atoms with Crippen LogP contribution >= 0.6 is 0 Å². The number of halogens is 3. The molecule has 0 saturated heterocycles. The average Bonchev–Trinajstić information content (AvgIpc) is 3.03. The summed E-state index contributed by atoms with van der Waals surface area (Å²) in [6.07, 6.45) is -6.52. The third-order valence-electron chi connectivity index (χ3n) is 5.08. The third-order valence-corrected chi connectivity index (χ3v) is 5.08. The number of benzene rings is 2. The van der Waals surface area contributed by atoms with Gasteiger partial charge in [-0.1, -0.05) is 48.5 Å². The third kappa shape index (κ3) is 5.19. The molecule has 170 valence electrons. The first-order valence-electron chi connectivity index (χ1n) is 9.78. The topological polar surface area (TPSA) is 105 Å². The molecule has 0 spiro atoms. The molecule has 0 radical (unpaired) electrons. The fourth-order valence-corrected chi connectivity index (χ4v) is 3.67. The van der Waals surface area contributed by atoms with Crippen molar-refractivity contribution < 1.29 is 37.4 Å². The summed E-state index contributed by atoms with van der Waals surface area (Å²) < 4.78 is 43.3. The summed E-state index contributed by atoms with van der Waals surface area (Å²) in [7, 11) is 0. The fraction of sp³-hybridized carbons (Fsp3) is 0.318. The van der Waals surface area contributed by atoms with Gasteiger partial charge >= 0.3 is 18.2 Å². The number of carboxylic acid groups (broad SMARTS) is 1. The second-order valence-electron chi connectivity index (χ2n) is 7.46. The van der Waals surface area contributed by atoms with E-state index in [9.17, 15) is 27.6 Å². The van der Waals surface area contributed by atoms with Crippen molar-refractivity contribution >= 4 is 18.0 Å². The molecule has 10 heteroatoms. The molecule has 2 aromatic carbocycles. The van der Waals surface area contributed by atoms with Crippen LogP contribution < -0.4 is 10.6 Å². The number of fused-ring (bicyclic) bond motifs is 3. The number of alkyl carbamates (subject to hydrolysis) is 1. The van der Waals surface area contributed by atoms with Crippen molar-refractivity contribution in [3.05, 3.63) is 59.7 Å². The van der Waals surface area contributed by atoms with Crippen molar-refractivity contribution in [2.24, 2.45) is 0 Å². The molecular formula is C22H21F3N2O5. The summed E-state index contributed by atoms with van der Waals surface area (Å²) in [4.78, 5) is 34.6. The van der Waals surface area contributed by atoms with E-state index in [1.165, 1.54) is 12.2 Å². The van der Waals surface area contributed by atoms with Crippen LogP contribution in [0.4, 0.5) is 18.0 Å². The Labute approximate surface area is 181 Å². The van der Waals surface area contributed by atoms with E-state index in [1.807, 2.05) is 48.5 Å². The van der Waals surface area contributed by atoms with E-state index in [4.69, 9.17) is 9.84 Å². The molecule has 3 N–H and O–H groups in total. The molecule has 7 nitrogen and oxygen atoms in total. The molecule has 2 atom stereocenters. The Kier molecular flexibility index (Phi) is 6.71. The Morgan fingerprint density at radius 1 is 1.00 bits per heavy atom. The van der Waals surface area contributed by atoms with Gasteiger partial charge in [0.1, 0.15) is 6.61 Å². The van der Waals surface area contributed by atoms with Gasteiger partial charge in [0.2, 0.25) is 11.9 Å². The van der Waals surface area contributed by atoms with Crippen molar-refractivity contribution in [3.63, 3.8) is 0 Å². The lowest BCUT2D eigenvalue weighted by Gasteiger charge is -2.20. The van der Waals surface area contributed by atoms with Gasteiger partial charge in [0.05, 0.1) is 0 Å². The number of hydrogen-bond donors (Lipinski definition) is 3. The summed E-state index contributed by atoms with van der Waals surface area (Å²) in [5, 5.41) is 12.4. The molecule has 1 unspecified atom stereocenters. The SMILES string of the molecule is C[C@H](CC(=O)NC(C(=O)O)C(F)(F)F)NC(=O)OCC1c2ccccc2-c2ccccc21. The Morgan fingerprint density at radius 2 is 1.53 bits per heavy atom. The predicted octanol–water partition coefficient (Wildman–Crippen LogP) is 3.44.